The average molecular weight is 213 g/mol. The van der Waals surface area contributed by atoms with E-state index < -0.39 is 11.6 Å². The SMILES string of the molecule is C[C@@H](N)C1COc2c(ccc(F)c2F)C1. The first-order valence-electron chi connectivity index (χ1n) is 4.95. The van der Waals surface area contributed by atoms with Crippen LogP contribution in [0.25, 0.3) is 0 Å². The van der Waals surface area contributed by atoms with E-state index in [2.05, 4.69) is 0 Å². The van der Waals surface area contributed by atoms with Crippen molar-refractivity contribution in [1.29, 1.82) is 0 Å². The molecular weight excluding hydrogens is 200 g/mol. The standard InChI is InChI=1S/C11H13F2NO/c1-6(14)8-4-7-2-3-9(12)10(13)11(7)15-5-8/h2-3,6,8H,4-5,14H2,1H3/t6-,8?/m1/s1. The molecule has 0 spiro atoms. The lowest BCUT2D eigenvalue weighted by molar-refractivity contribution is 0.193. The van der Waals surface area contributed by atoms with Crippen molar-refractivity contribution in [3.05, 3.63) is 29.3 Å². The highest BCUT2D eigenvalue weighted by atomic mass is 19.2. The highest BCUT2D eigenvalue weighted by Crippen LogP contribution is 2.32. The lowest BCUT2D eigenvalue weighted by Crippen LogP contribution is -2.35. The summed E-state index contributed by atoms with van der Waals surface area (Å²) >= 11 is 0. The third kappa shape index (κ3) is 1.81. The van der Waals surface area contributed by atoms with E-state index in [1.54, 1.807) is 6.07 Å². The molecule has 0 aliphatic carbocycles. The number of benzene rings is 1. The highest BCUT2D eigenvalue weighted by molar-refractivity contribution is 5.37. The van der Waals surface area contributed by atoms with E-state index in [1.165, 1.54) is 0 Å². The zero-order valence-electron chi connectivity index (χ0n) is 8.47. The van der Waals surface area contributed by atoms with Gasteiger partial charge in [0.25, 0.3) is 0 Å². The molecule has 0 amide bonds. The molecule has 1 unspecified atom stereocenters. The minimum Gasteiger partial charge on any atom is -0.490 e. The van der Waals surface area contributed by atoms with Gasteiger partial charge in [0.2, 0.25) is 5.82 Å². The van der Waals surface area contributed by atoms with Crippen molar-refractivity contribution in [2.75, 3.05) is 6.61 Å². The Balaban J connectivity index is 2.32. The molecule has 0 bridgehead atoms. The van der Waals surface area contributed by atoms with Crippen molar-refractivity contribution < 1.29 is 13.5 Å². The second-order valence-corrected chi connectivity index (χ2v) is 3.98. The molecule has 2 N–H and O–H groups in total. The summed E-state index contributed by atoms with van der Waals surface area (Å²) in [6, 6.07) is 2.68. The Kier molecular flexibility index (Phi) is 2.61. The van der Waals surface area contributed by atoms with Gasteiger partial charge in [-0.25, -0.2) is 4.39 Å². The molecule has 82 valence electrons. The van der Waals surface area contributed by atoms with Gasteiger partial charge in [-0.15, -0.1) is 0 Å². The minimum absolute atomic E-state index is 0.00809. The van der Waals surface area contributed by atoms with Crippen LogP contribution < -0.4 is 10.5 Å². The van der Waals surface area contributed by atoms with Gasteiger partial charge in [-0.2, -0.15) is 4.39 Å². The smallest absolute Gasteiger partial charge is 0.200 e. The zero-order valence-corrected chi connectivity index (χ0v) is 8.47. The number of fused-ring (bicyclic) bond motifs is 1. The summed E-state index contributed by atoms with van der Waals surface area (Å²) in [5.74, 6) is -1.54. The fourth-order valence-electron chi connectivity index (χ4n) is 1.76. The van der Waals surface area contributed by atoms with Crippen LogP contribution in [0.2, 0.25) is 0 Å². The first kappa shape index (κ1) is 10.4. The van der Waals surface area contributed by atoms with E-state index in [1.807, 2.05) is 6.92 Å². The largest absolute Gasteiger partial charge is 0.490 e. The van der Waals surface area contributed by atoms with Crippen LogP contribution in [0.3, 0.4) is 0 Å². The monoisotopic (exact) mass is 213 g/mol. The molecule has 2 rings (SSSR count). The molecule has 0 saturated carbocycles. The van der Waals surface area contributed by atoms with E-state index in [-0.39, 0.29) is 17.7 Å². The van der Waals surface area contributed by atoms with Crippen LogP contribution in [0, 0.1) is 17.6 Å². The van der Waals surface area contributed by atoms with Crippen LogP contribution in [-0.2, 0) is 6.42 Å². The molecule has 15 heavy (non-hydrogen) atoms. The van der Waals surface area contributed by atoms with Gasteiger partial charge in [-0.05, 0) is 25.0 Å². The minimum atomic E-state index is -0.893. The summed E-state index contributed by atoms with van der Waals surface area (Å²) in [6.45, 7) is 2.24. The molecule has 1 aromatic rings. The van der Waals surface area contributed by atoms with Crippen LogP contribution in [-0.4, -0.2) is 12.6 Å². The molecule has 1 aliphatic heterocycles. The molecule has 1 heterocycles. The normalized spacial score (nSPS) is 21.7. The number of halogens is 2. The van der Waals surface area contributed by atoms with E-state index in [0.717, 1.165) is 6.07 Å². The third-order valence-corrected chi connectivity index (χ3v) is 2.80. The van der Waals surface area contributed by atoms with Crippen molar-refractivity contribution in [2.24, 2.45) is 11.7 Å². The third-order valence-electron chi connectivity index (χ3n) is 2.80. The first-order valence-corrected chi connectivity index (χ1v) is 4.95. The molecule has 4 heteroatoms. The summed E-state index contributed by atoms with van der Waals surface area (Å²) in [4.78, 5) is 0. The lowest BCUT2D eigenvalue weighted by atomic mass is 9.91. The molecule has 0 aromatic heterocycles. The fourth-order valence-corrected chi connectivity index (χ4v) is 1.76. The van der Waals surface area contributed by atoms with Crippen LogP contribution in [0.1, 0.15) is 12.5 Å². The summed E-state index contributed by atoms with van der Waals surface area (Å²) in [7, 11) is 0. The predicted molar refractivity (Wildman–Crippen MR) is 52.7 cm³/mol. The number of hydrogen-bond acceptors (Lipinski definition) is 2. The van der Waals surface area contributed by atoms with Gasteiger partial charge in [0.05, 0.1) is 6.61 Å². The molecule has 1 aromatic carbocycles. The maximum Gasteiger partial charge on any atom is 0.200 e. The molecule has 2 nitrogen and oxygen atoms in total. The maximum atomic E-state index is 13.3. The van der Waals surface area contributed by atoms with Gasteiger partial charge in [-0.1, -0.05) is 6.07 Å². The van der Waals surface area contributed by atoms with Gasteiger partial charge >= 0.3 is 0 Å². The Morgan fingerprint density at radius 1 is 1.47 bits per heavy atom. The van der Waals surface area contributed by atoms with E-state index in [9.17, 15) is 8.78 Å². The van der Waals surface area contributed by atoms with Crippen LogP contribution in [0.15, 0.2) is 12.1 Å². The lowest BCUT2D eigenvalue weighted by Gasteiger charge is -2.27. The Bertz CT molecular complexity index is 379. The Hall–Kier alpha value is -1.16. The summed E-state index contributed by atoms with van der Waals surface area (Å²) < 4.78 is 31.4. The molecule has 2 atom stereocenters. The topological polar surface area (TPSA) is 35.2 Å². The molecule has 1 aliphatic rings. The molecule has 0 radical (unpaired) electrons. The van der Waals surface area contributed by atoms with Crippen LogP contribution in [0.4, 0.5) is 8.78 Å². The average Bonchev–Trinajstić information content (AvgIpc) is 2.23. The van der Waals surface area contributed by atoms with Crippen molar-refractivity contribution in [1.82, 2.24) is 0 Å². The summed E-state index contributed by atoms with van der Waals surface area (Å²) in [5, 5.41) is 0. The zero-order chi connectivity index (χ0) is 11.0. The van der Waals surface area contributed by atoms with E-state index in [0.29, 0.717) is 18.6 Å². The van der Waals surface area contributed by atoms with Gasteiger partial charge in [0.1, 0.15) is 0 Å². The van der Waals surface area contributed by atoms with Gasteiger partial charge in [0, 0.05) is 12.0 Å². The number of nitrogens with two attached hydrogens (primary N) is 1. The quantitative estimate of drug-likeness (QED) is 0.772. The Morgan fingerprint density at radius 2 is 2.20 bits per heavy atom. The van der Waals surface area contributed by atoms with E-state index >= 15 is 0 Å². The van der Waals surface area contributed by atoms with Crippen LogP contribution >= 0.6 is 0 Å². The predicted octanol–water partition coefficient (Wildman–Crippen LogP) is 1.86. The molecule has 0 saturated heterocycles. The highest BCUT2D eigenvalue weighted by Gasteiger charge is 2.26. The first-order chi connectivity index (χ1) is 7.09. The molecular formula is C11H13F2NO. The summed E-state index contributed by atoms with van der Waals surface area (Å²) in [6.07, 6.45) is 0.643. The van der Waals surface area contributed by atoms with Crippen LogP contribution in [0.5, 0.6) is 5.75 Å². The second-order valence-electron chi connectivity index (χ2n) is 3.98. The fraction of sp³-hybridized carbons (Fsp3) is 0.455. The Labute approximate surface area is 87.0 Å². The van der Waals surface area contributed by atoms with Crippen molar-refractivity contribution in [3.63, 3.8) is 0 Å². The van der Waals surface area contributed by atoms with Gasteiger partial charge in [0.15, 0.2) is 11.6 Å². The summed E-state index contributed by atoms with van der Waals surface area (Å²) in [5.41, 5.74) is 6.44. The second kappa shape index (κ2) is 3.77. The molecule has 0 fully saturated rings. The van der Waals surface area contributed by atoms with Crippen molar-refractivity contribution in [3.8, 4) is 5.75 Å². The number of rotatable bonds is 1. The number of ether oxygens (including phenoxy) is 1. The van der Waals surface area contributed by atoms with Gasteiger partial charge in [-0.3, -0.25) is 0 Å². The maximum absolute atomic E-state index is 13.3. The van der Waals surface area contributed by atoms with Crippen molar-refractivity contribution in [2.45, 2.75) is 19.4 Å². The van der Waals surface area contributed by atoms with Gasteiger partial charge < -0.3 is 10.5 Å². The van der Waals surface area contributed by atoms with E-state index in [4.69, 9.17) is 10.5 Å². The number of hydrogen-bond donors (Lipinski definition) is 1. The Morgan fingerprint density at radius 3 is 2.87 bits per heavy atom. The van der Waals surface area contributed by atoms with Crippen molar-refractivity contribution >= 4 is 0 Å².